The second-order valence-corrected chi connectivity index (χ2v) is 17.8. The Morgan fingerprint density at radius 2 is 1.64 bits per heavy atom. The number of rotatable bonds is 8. The third-order valence-corrected chi connectivity index (χ3v) is 12.9. The smallest absolute Gasteiger partial charge is 0.338 e. The molecule has 1 amide bonds. The van der Waals surface area contributed by atoms with Crippen LogP contribution >= 0.6 is 0 Å². The van der Waals surface area contributed by atoms with Gasteiger partial charge in [-0.1, -0.05) is 0 Å². The highest BCUT2D eigenvalue weighted by molar-refractivity contribution is 5.90. The Morgan fingerprint density at radius 3 is 2.28 bits per heavy atom. The van der Waals surface area contributed by atoms with Crippen LogP contribution in [0.3, 0.4) is 0 Å². The van der Waals surface area contributed by atoms with E-state index in [0.29, 0.717) is 48.4 Å². The first-order valence-electron chi connectivity index (χ1n) is 21.1. The standard InChI is InChI=1S/C45H58F2N8O3/c1-29(56)53-23-19-40-39(28-53)43(54-20-7-8-31-24-37(32-26-48-50(5)27-32)38(42(46)47)25-41(31)54)49-55(40)36-15-13-33(14-16-36)51(6)34-17-21-52(22-18-34)35-11-9-30(10-12-35)44(57)58-45(2,3)4/h9-12,24-27,33-34,36,42H,7-8,13-23,28H2,1-6H3. The lowest BCUT2D eigenvalue weighted by atomic mass is 9.88. The molecule has 2 fully saturated rings. The first-order chi connectivity index (χ1) is 27.7. The average molecular weight is 797 g/mol. The van der Waals surface area contributed by atoms with Gasteiger partial charge in [0.1, 0.15) is 5.60 Å². The predicted octanol–water partition coefficient (Wildman–Crippen LogP) is 8.25. The number of esters is 1. The largest absolute Gasteiger partial charge is 0.456 e. The molecule has 0 spiro atoms. The summed E-state index contributed by atoms with van der Waals surface area (Å²) >= 11 is 0. The molecule has 310 valence electrons. The number of fused-ring (bicyclic) bond motifs is 2. The summed E-state index contributed by atoms with van der Waals surface area (Å²) in [6, 6.07) is 12.7. The van der Waals surface area contributed by atoms with Crippen LogP contribution in [0.5, 0.6) is 0 Å². The van der Waals surface area contributed by atoms with Crippen molar-refractivity contribution in [2.45, 2.75) is 122 Å². The van der Waals surface area contributed by atoms with Crippen LogP contribution in [-0.4, -0.2) is 92.1 Å². The molecule has 1 saturated heterocycles. The summed E-state index contributed by atoms with van der Waals surface area (Å²) in [5.41, 5.74) is 6.45. The van der Waals surface area contributed by atoms with Gasteiger partial charge >= 0.3 is 5.97 Å². The van der Waals surface area contributed by atoms with E-state index in [2.05, 4.69) is 31.5 Å². The van der Waals surface area contributed by atoms with Crippen LogP contribution in [0.4, 0.5) is 26.0 Å². The number of piperidine rings is 1. The number of hydrogen-bond acceptors (Lipinski definition) is 8. The van der Waals surface area contributed by atoms with Gasteiger partial charge in [-0.3, -0.25) is 14.2 Å². The third-order valence-electron chi connectivity index (χ3n) is 12.9. The summed E-state index contributed by atoms with van der Waals surface area (Å²) in [5.74, 6) is 0.549. The van der Waals surface area contributed by atoms with Gasteiger partial charge in [-0.2, -0.15) is 10.2 Å². The highest BCUT2D eigenvalue weighted by Crippen LogP contribution is 2.44. The number of aromatic nitrogens is 4. The Bertz CT molecular complexity index is 2120. The van der Waals surface area contributed by atoms with E-state index in [0.717, 1.165) is 99.2 Å². The van der Waals surface area contributed by atoms with Gasteiger partial charge in [0.2, 0.25) is 5.91 Å². The van der Waals surface area contributed by atoms with Gasteiger partial charge in [0.05, 0.1) is 24.3 Å². The number of amides is 1. The number of aryl methyl sites for hydroxylation is 2. The number of benzene rings is 2. The molecule has 0 bridgehead atoms. The van der Waals surface area contributed by atoms with Crippen LogP contribution in [0, 0.1) is 0 Å². The van der Waals surface area contributed by atoms with Gasteiger partial charge in [-0.15, -0.1) is 0 Å². The second-order valence-electron chi connectivity index (χ2n) is 17.8. The molecule has 4 aliphatic rings. The number of nitrogens with zero attached hydrogens (tertiary/aromatic N) is 8. The fraction of sp³-hybridized carbons (Fsp3) is 0.556. The SMILES string of the molecule is CC(=O)N1CCc2c(c(N3CCCc4cc(-c5cnn(C)c5)c(C(F)F)cc43)nn2C2CCC(N(C)C3CCN(c4ccc(C(=O)OC(C)(C)C)cc4)CC3)CC2)C1. The van der Waals surface area contributed by atoms with Gasteiger partial charge < -0.3 is 24.3 Å². The summed E-state index contributed by atoms with van der Waals surface area (Å²) in [6.45, 7) is 11.0. The second kappa shape index (κ2) is 16.1. The zero-order valence-corrected chi connectivity index (χ0v) is 34.9. The third kappa shape index (κ3) is 8.11. The van der Waals surface area contributed by atoms with Crippen molar-refractivity contribution in [1.82, 2.24) is 29.4 Å². The molecule has 1 aliphatic carbocycles. The molecule has 0 N–H and O–H groups in total. The van der Waals surface area contributed by atoms with Crippen LogP contribution in [0.2, 0.25) is 0 Å². The van der Waals surface area contributed by atoms with E-state index in [1.165, 1.54) is 5.69 Å². The van der Waals surface area contributed by atoms with Crippen molar-refractivity contribution in [1.29, 1.82) is 0 Å². The molecule has 11 nitrogen and oxygen atoms in total. The van der Waals surface area contributed by atoms with Crippen molar-refractivity contribution in [2.24, 2.45) is 7.05 Å². The molecule has 3 aliphatic heterocycles. The zero-order chi connectivity index (χ0) is 40.9. The minimum Gasteiger partial charge on any atom is -0.456 e. The molecular weight excluding hydrogens is 739 g/mol. The Balaban J connectivity index is 0.961. The predicted molar refractivity (Wildman–Crippen MR) is 222 cm³/mol. The van der Waals surface area contributed by atoms with Crippen molar-refractivity contribution in [2.75, 3.05) is 43.0 Å². The molecule has 0 radical (unpaired) electrons. The van der Waals surface area contributed by atoms with Gasteiger partial charge in [0.25, 0.3) is 6.43 Å². The van der Waals surface area contributed by atoms with Crippen LogP contribution in [-0.2, 0) is 36.0 Å². The van der Waals surface area contributed by atoms with Crippen molar-refractivity contribution >= 4 is 29.1 Å². The lowest BCUT2D eigenvalue weighted by molar-refractivity contribution is -0.129. The molecule has 1 saturated carbocycles. The lowest BCUT2D eigenvalue weighted by Gasteiger charge is -2.43. The molecule has 58 heavy (non-hydrogen) atoms. The summed E-state index contributed by atoms with van der Waals surface area (Å²) in [6.07, 6.45) is 9.56. The fourth-order valence-corrected chi connectivity index (χ4v) is 9.76. The minimum absolute atomic E-state index is 0.000575. The molecule has 0 unspecified atom stereocenters. The van der Waals surface area contributed by atoms with E-state index in [1.807, 2.05) is 56.0 Å². The molecule has 2 aromatic carbocycles. The van der Waals surface area contributed by atoms with E-state index in [4.69, 9.17) is 9.84 Å². The molecule has 0 atom stereocenters. The van der Waals surface area contributed by atoms with Crippen molar-refractivity contribution in [3.05, 3.63) is 76.7 Å². The maximum absolute atomic E-state index is 14.7. The topological polar surface area (TPSA) is 92.0 Å². The van der Waals surface area contributed by atoms with Crippen LogP contribution < -0.4 is 9.80 Å². The summed E-state index contributed by atoms with van der Waals surface area (Å²) in [5, 5.41) is 9.63. The summed E-state index contributed by atoms with van der Waals surface area (Å²) in [7, 11) is 4.09. The highest BCUT2D eigenvalue weighted by Gasteiger charge is 2.36. The van der Waals surface area contributed by atoms with E-state index in [9.17, 15) is 18.4 Å². The van der Waals surface area contributed by atoms with Gasteiger partial charge in [0, 0.05) is 98.6 Å². The van der Waals surface area contributed by atoms with Crippen molar-refractivity contribution in [3.63, 3.8) is 0 Å². The van der Waals surface area contributed by atoms with E-state index in [1.54, 1.807) is 37.1 Å². The van der Waals surface area contributed by atoms with Crippen molar-refractivity contribution in [3.8, 4) is 11.1 Å². The number of alkyl halides is 2. The quantitative estimate of drug-likeness (QED) is 0.165. The van der Waals surface area contributed by atoms with Gasteiger partial charge in [-0.25, -0.2) is 13.6 Å². The number of carbonyl (C=O) groups is 2. The number of hydrogen-bond donors (Lipinski definition) is 0. The first kappa shape index (κ1) is 40.0. The average Bonchev–Trinajstić information content (AvgIpc) is 3.82. The van der Waals surface area contributed by atoms with Crippen LogP contribution in [0.15, 0.2) is 48.8 Å². The van der Waals surface area contributed by atoms with E-state index >= 15 is 0 Å². The lowest BCUT2D eigenvalue weighted by Crippen LogP contribution is -2.48. The number of ether oxygens (including phenoxy) is 1. The molecule has 8 rings (SSSR count). The van der Waals surface area contributed by atoms with Crippen molar-refractivity contribution < 1.29 is 23.1 Å². The maximum Gasteiger partial charge on any atom is 0.338 e. The minimum atomic E-state index is -2.64. The van der Waals surface area contributed by atoms with Gasteiger partial charge in [-0.05, 0) is 127 Å². The monoisotopic (exact) mass is 796 g/mol. The molecule has 2 aromatic heterocycles. The van der Waals surface area contributed by atoms with E-state index in [-0.39, 0.29) is 23.5 Å². The maximum atomic E-state index is 14.7. The number of halogens is 2. The number of anilines is 3. The van der Waals surface area contributed by atoms with Crippen LogP contribution in [0.25, 0.3) is 11.1 Å². The first-order valence-corrected chi connectivity index (χ1v) is 21.1. The Hall–Kier alpha value is -4.78. The Labute approximate surface area is 340 Å². The molecular formula is C45H58F2N8O3. The molecule has 5 heterocycles. The summed E-state index contributed by atoms with van der Waals surface area (Å²) < 4.78 is 38.9. The number of carbonyl (C=O) groups excluding carboxylic acids is 2. The zero-order valence-electron chi connectivity index (χ0n) is 34.9. The Morgan fingerprint density at radius 1 is 0.931 bits per heavy atom. The summed E-state index contributed by atoms with van der Waals surface area (Å²) in [4.78, 5) is 34.3. The normalized spacial score (nSPS) is 20.4. The van der Waals surface area contributed by atoms with Gasteiger partial charge in [0.15, 0.2) is 5.82 Å². The molecule has 13 heteroatoms. The molecule has 4 aromatic rings. The van der Waals surface area contributed by atoms with Crippen LogP contribution in [0.1, 0.15) is 118 Å². The highest BCUT2D eigenvalue weighted by atomic mass is 19.3. The fourth-order valence-electron chi connectivity index (χ4n) is 9.76. The van der Waals surface area contributed by atoms with E-state index < -0.39 is 12.0 Å². The Kier molecular flexibility index (Phi) is 11.1.